The Morgan fingerprint density at radius 1 is 1.43 bits per heavy atom. The fourth-order valence-electron chi connectivity index (χ4n) is 1.35. The van der Waals surface area contributed by atoms with E-state index in [0.717, 1.165) is 0 Å². The zero-order valence-electron chi connectivity index (χ0n) is 7.14. The molecule has 14 heavy (non-hydrogen) atoms. The topological polar surface area (TPSA) is 91.9 Å². The van der Waals surface area contributed by atoms with Crippen molar-refractivity contribution in [3.8, 4) is 0 Å². The molecule has 0 unspecified atom stereocenters. The van der Waals surface area contributed by atoms with E-state index in [-0.39, 0.29) is 11.4 Å². The summed E-state index contributed by atoms with van der Waals surface area (Å²) in [7, 11) is 0. The molecule has 0 saturated heterocycles. The molecule has 2 N–H and O–H groups in total. The van der Waals surface area contributed by atoms with Crippen molar-refractivity contribution in [1.29, 1.82) is 0 Å². The number of fused-ring (bicyclic) bond motifs is 1. The number of primary amides is 1. The first kappa shape index (κ1) is 8.34. The lowest BCUT2D eigenvalue weighted by Gasteiger charge is -1.88. The van der Waals surface area contributed by atoms with Gasteiger partial charge in [0.05, 0.1) is 11.3 Å². The average Bonchev–Trinajstić information content (AvgIpc) is 2.56. The van der Waals surface area contributed by atoms with Gasteiger partial charge in [-0.05, 0) is 12.1 Å². The summed E-state index contributed by atoms with van der Waals surface area (Å²) in [6, 6.07) is 6.98. The van der Waals surface area contributed by atoms with Gasteiger partial charge in [-0.25, -0.2) is 4.99 Å². The summed E-state index contributed by atoms with van der Waals surface area (Å²) in [6.45, 7) is 0. The Kier molecular flexibility index (Phi) is 1.73. The Balaban J connectivity index is 2.67. The zero-order valence-corrected chi connectivity index (χ0v) is 7.14. The minimum Gasteiger partial charge on any atom is -0.364 e. The second-order valence-electron chi connectivity index (χ2n) is 2.79. The number of carbonyl (C=O) groups is 1. The van der Waals surface area contributed by atoms with E-state index in [1.165, 1.54) is 0 Å². The molecule has 0 aliphatic carbocycles. The van der Waals surface area contributed by atoms with Crippen LogP contribution in [-0.4, -0.2) is 22.1 Å². The third-order valence-corrected chi connectivity index (χ3v) is 1.95. The Hall–Kier alpha value is -2.26. The van der Waals surface area contributed by atoms with Gasteiger partial charge in [0.15, 0.2) is 0 Å². The number of aliphatic imine (C=N–C) groups is 1. The van der Waals surface area contributed by atoms with Crippen molar-refractivity contribution in [3.05, 3.63) is 35.4 Å². The van der Waals surface area contributed by atoms with Crippen molar-refractivity contribution in [3.63, 3.8) is 0 Å². The maximum atomic E-state index is 10.9. The Morgan fingerprint density at radius 2 is 2.14 bits per heavy atom. The van der Waals surface area contributed by atoms with Gasteiger partial charge >= 0.3 is 5.71 Å². The van der Waals surface area contributed by atoms with Gasteiger partial charge in [0, 0.05) is 0 Å². The van der Waals surface area contributed by atoms with Crippen LogP contribution in [0.5, 0.6) is 0 Å². The smallest absolute Gasteiger partial charge is 0.355 e. The summed E-state index contributed by atoms with van der Waals surface area (Å²) >= 11 is 0. The molecule has 1 amide bonds. The Bertz CT molecular complexity index is 497. The maximum Gasteiger partial charge on any atom is 0.355 e. The first-order valence-corrected chi connectivity index (χ1v) is 3.94. The lowest BCUT2D eigenvalue weighted by Crippen LogP contribution is -2.29. The van der Waals surface area contributed by atoms with Crippen molar-refractivity contribution >= 4 is 23.0 Å². The van der Waals surface area contributed by atoms with E-state index < -0.39 is 5.91 Å². The Morgan fingerprint density at radius 3 is 2.79 bits per heavy atom. The van der Waals surface area contributed by atoms with Crippen molar-refractivity contribution in [2.75, 3.05) is 0 Å². The summed E-state index contributed by atoms with van der Waals surface area (Å²) in [5, 5.41) is 0. The van der Waals surface area contributed by atoms with Crippen LogP contribution in [0, 0.1) is 0 Å². The van der Waals surface area contributed by atoms with Crippen molar-refractivity contribution in [1.82, 2.24) is 0 Å². The number of hydrogen-bond acceptors (Lipinski definition) is 2. The molecule has 0 radical (unpaired) electrons. The van der Waals surface area contributed by atoms with E-state index >= 15 is 0 Å². The number of nitrogens with zero attached hydrogens (tertiary/aromatic N) is 3. The molecule has 0 fully saturated rings. The van der Waals surface area contributed by atoms with Gasteiger partial charge in [0.25, 0.3) is 5.91 Å². The highest BCUT2D eigenvalue weighted by Crippen LogP contribution is 2.25. The number of para-hydroxylation sites is 1. The third-order valence-electron chi connectivity index (χ3n) is 1.95. The lowest BCUT2D eigenvalue weighted by atomic mass is 10.1. The molecule has 0 aromatic heterocycles. The number of rotatable bonds is 1. The van der Waals surface area contributed by atoms with Crippen LogP contribution in [0.2, 0.25) is 0 Å². The summed E-state index contributed by atoms with van der Waals surface area (Å²) in [5.74, 6) is -0.700. The monoisotopic (exact) mass is 186 g/mol. The van der Waals surface area contributed by atoms with E-state index in [2.05, 4.69) is 9.78 Å². The summed E-state index contributed by atoms with van der Waals surface area (Å²) in [4.78, 5) is 17.9. The molecular formula is C9H6N4O. The fourth-order valence-corrected chi connectivity index (χ4v) is 1.35. The van der Waals surface area contributed by atoms with E-state index in [9.17, 15) is 4.79 Å². The first-order valence-electron chi connectivity index (χ1n) is 3.94. The fraction of sp³-hybridized carbons (Fsp3) is 0. The van der Waals surface area contributed by atoms with Crippen LogP contribution in [0.1, 0.15) is 5.56 Å². The molecular weight excluding hydrogens is 180 g/mol. The van der Waals surface area contributed by atoms with Gasteiger partial charge in [-0.15, -0.1) is 0 Å². The summed E-state index contributed by atoms with van der Waals surface area (Å²) in [5.41, 5.74) is 15.1. The highest BCUT2D eigenvalue weighted by Gasteiger charge is 2.33. The predicted octanol–water partition coefficient (Wildman–Crippen LogP) is 0.277. The molecule has 2 rings (SSSR count). The van der Waals surface area contributed by atoms with Crippen molar-refractivity contribution in [2.24, 2.45) is 10.7 Å². The highest BCUT2D eigenvalue weighted by molar-refractivity contribution is 6.70. The molecule has 0 atom stereocenters. The Labute approximate surface area is 79.5 Å². The summed E-state index contributed by atoms with van der Waals surface area (Å²) < 4.78 is 0. The largest absolute Gasteiger partial charge is 0.364 e. The lowest BCUT2D eigenvalue weighted by molar-refractivity contribution is -0.111. The minimum atomic E-state index is -0.700. The van der Waals surface area contributed by atoms with E-state index in [0.29, 0.717) is 11.3 Å². The predicted molar refractivity (Wildman–Crippen MR) is 50.5 cm³/mol. The quantitative estimate of drug-likeness (QED) is 0.495. The molecule has 5 nitrogen and oxygen atoms in total. The number of nitrogens with two attached hydrogens (primary N) is 1. The van der Waals surface area contributed by atoms with Crippen LogP contribution in [0.15, 0.2) is 29.3 Å². The van der Waals surface area contributed by atoms with Gasteiger partial charge in [-0.3, -0.25) is 4.79 Å². The van der Waals surface area contributed by atoms with E-state index in [1.54, 1.807) is 24.3 Å². The molecule has 1 aliphatic rings. The molecule has 1 heterocycles. The molecule has 0 bridgehead atoms. The molecule has 1 aromatic carbocycles. The SMILES string of the molecule is [N-]=[N+]=C1C(C(N)=O)=Nc2ccccc21. The van der Waals surface area contributed by atoms with Gasteiger partial charge in [-0.2, -0.15) is 4.79 Å². The van der Waals surface area contributed by atoms with E-state index in [1.807, 2.05) is 0 Å². The molecule has 5 heteroatoms. The van der Waals surface area contributed by atoms with Crippen molar-refractivity contribution in [2.45, 2.75) is 0 Å². The average molecular weight is 186 g/mol. The third kappa shape index (κ3) is 1.04. The van der Waals surface area contributed by atoms with E-state index in [4.69, 9.17) is 11.3 Å². The van der Waals surface area contributed by atoms with Crippen LogP contribution in [0.25, 0.3) is 5.53 Å². The summed E-state index contributed by atoms with van der Waals surface area (Å²) in [6.07, 6.45) is 0. The zero-order chi connectivity index (χ0) is 10.1. The second-order valence-corrected chi connectivity index (χ2v) is 2.79. The normalized spacial score (nSPS) is 13.1. The van der Waals surface area contributed by atoms with Crippen LogP contribution >= 0.6 is 0 Å². The van der Waals surface area contributed by atoms with Gasteiger partial charge in [0.1, 0.15) is 0 Å². The minimum absolute atomic E-state index is 0.00583. The molecule has 0 spiro atoms. The van der Waals surface area contributed by atoms with Crippen LogP contribution in [0.4, 0.5) is 5.69 Å². The van der Waals surface area contributed by atoms with Crippen LogP contribution in [0.3, 0.4) is 0 Å². The number of hydrogen-bond donors (Lipinski definition) is 1. The number of carbonyl (C=O) groups excluding carboxylic acids is 1. The maximum absolute atomic E-state index is 10.9. The van der Waals surface area contributed by atoms with Gasteiger partial charge < -0.3 is 11.3 Å². The van der Waals surface area contributed by atoms with Gasteiger partial charge in [0.2, 0.25) is 5.71 Å². The molecule has 1 aromatic rings. The van der Waals surface area contributed by atoms with Gasteiger partial charge in [-0.1, -0.05) is 12.1 Å². The molecule has 0 saturated carbocycles. The number of amides is 1. The molecule has 68 valence electrons. The highest BCUT2D eigenvalue weighted by atomic mass is 16.1. The number of benzene rings is 1. The van der Waals surface area contributed by atoms with Crippen molar-refractivity contribution < 1.29 is 9.58 Å². The van der Waals surface area contributed by atoms with Crippen LogP contribution in [-0.2, 0) is 4.79 Å². The van der Waals surface area contributed by atoms with Crippen LogP contribution < -0.4 is 5.73 Å². The second kappa shape index (κ2) is 2.90. The first-order chi connectivity index (χ1) is 6.74. The standard InChI is InChI=1S/C9H6N4O/c10-9(14)8-7(13-11)5-3-1-2-4-6(5)12-8/h1-4H,(H2,10,14). The molecule has 1 aliphatic heterocycles.